The van der Waals surface area contributed by atoms with Crippen molar-refractivity contribution in [2.45, 2.75) is 26.2 Å². The summed E-state index contributed by atoms with van der Waals surface area (Å²) in [5.41, 5.74) is 0.568. The third-order valence-corrected chi connectivity index (χ3v) is 5.21. The van der Waals surface area contributed by atoms with Gasteiger partial charge in [-0.2, -0.15) is 0 Å². The van der Waals surface area contributed by atoms with Gasteiger partial charge in [0.05, 0.1) is 24.3 Å². The van der Waals surface area contributed by atoms with Gasteiger partial charge in [0.15, 0.2) is 5.76 Å². The Bertz CT molecular complexity index is 791. The van der Waals surface area contributed by atoms with E-state index >= 15 is 0 Å². The molecule has 2 aromatic heterocycles. The second-order valence-corrected chi connectivity index (χ2v) is 6.92. The number of likely N-dealkylation sites (tertiary alicyclic amines) is 1. The summed E-state index contributed by atoms with van der Waals surface area (Å²) in [7, 11) is 0. The molecular weight excluding hydrogens is 324 g/mol. The average molecular weight is 344 g/mol. The highest BCUT2D eigenvalue weighted by Crippen LogP contribution is 2.44. The zero-order valence-corrected chi connectivity index (χ0v) is 14.0. The molecule has 1 amide bonds. The third kappa shape index (κ3) is 3.06. The van der Waals surface area contributed by atoms with E-state index in [1.165, 1.54) is 6.26 Å². The molecule has 2 aromatic rings. The van der Waals surface area contributed by atoms with Crippen molar-refractivity contribution < 1.29 is 23.5 Å². The van der Waals surface area contributed by atoms with Gasteiger partial charge in [0, 0.05) is 13.1 Å². The van der Waals surface area contributed by atoms with Gasteiger partial charge < -0.3 is 18.8 Å². The lowest BCUT2D eigenvalue weighted by molar-refractivity contribution is -0.142. The predicted molar refractivity (Wildman–Crippen MR) is 86.6 cm³/mol. The molecule has 2 aliphatic rings. The molecule has 7 heteroatoms. The first-order valence-electron chi connectivity index (χ1n) is 8.53. The fraction of sp³-hybridized carbons (Fsp3) is 0.500. The number of aliphatic carboxylic acids is 1. The van der Waals surface area contributed by atoms with E-state index in [4.69, 9.17) is 8.83 Å². The number of nitrogens with zero attached hydrogens (tertiary/aromatic N) is 2. The summed E-state index contributed by atoms with van der Waals surface area (Å²) in [5, 5.41) is 9.43. The first-order chi connectivity index (χ1) is 12.0. The molecule has 1 aliphatic carbocycles. The monoisotopic (exact) mass is 344 g/mol. The number of oxazole rings is 1. The number of aryl methyl sites for hydroxylation is 1. The summed E-state index contributed by atoms with van der Waals surface area (Å²) >= 11 is 0. The van der Waals surface area contributed by atoms with Gasteiger partial charge >= 0.3 is 5.97 Å². The van der Waals surface area contributed by atoms with E-state index in [1.807, 2.05) is 0 Å². The molecule has 0 bridgehead atoms. The minimum atomic E-state index is -0.801. The maximum absolute atomic E-state index is 12.6. The number of hydrogen-bond donors (Lipinski definition) is 1. The van der Waals surface area contributed by atoms with E-state index in [9.17, 15) is 14.7 Å². The third-order valence-electron chi connectivity index (χ3n) is 5.21. The van der Waals surface area contributed by atoms with Crippen LogP contribution in [0.25, 0.3) is 11.7 Å². The van der Waals surface area contributed by atoms with Crippen LogP contribution in [0.5, 0.6) is 0 Å². The Morgan fingerprint density at radius 3 is 2.80 bits per heavy atom. The Morgan fingerprint density at radius 2 is 2.16 bits per heavy atom. The van der Waals surface area contributed by atoms with Crippen molar-refractivity contribution in [1.82, 2.24) is 9.88 Å². The topological polar surface area (TPSA) is 96.8 Å². The smallest absolute Gasteiger partial charge is 0.308 e. The summed E-state index contributed by atoms with van der Waals surface area (Å²) in [4.78, 5) is 30.2. The minimum absolute atomic E-state index is 0.0820. The molecule has 2 atom stereocenters. The molecule has 1 saturated heterocycles. The molecular formula is C18H20N2O5. The lowest BCUT2D eigenvalue weighted by Gasteiger charge is -2.15. The van der Waals surface area contributed by atoms with Crippen LogP contribution in [0.4, 0.5) is 0 Å². The van der Waals surface area contributed by atoms with Crippen molar-refractivity contribution in [1.29, 1.82) is 0 Å². The zero-order valence-electron chi connectivity index (χ0n) is 14.0. The number of carbonyl (C=O) groups excluding carboxylic acids is 1. The molecule has 0 unspecified atom stereocenters. The van der Waals surface area contributed by atoms with E-state index in [1.54, 1.807) is 24.0 Å². The largest absolute Gasteiger partial charge is 0.481 e. The Morgan fingerprint density at radius 1 is 1.36 bits per heavy atom. The zero-order chi connectivity index (χ0) is 17.6. The molecule has 1 saturated carbocycles. The van der Waals surface area contributed by atoms with Gasteiger partial charge in [0.1, 0.15) is 5.76 Å². The van der Waals surface area contributed by atoms with Crippen LogP contribution in [-0.4, -0.2) is 40.0 Å². The molecule has 132 valence electrons. The summed E-state index contributed by atoms with van der Waals surface area (Å²) < 4.78 is 10.8. The minimum Gasteiger partial charge on any atom is -0.481 e. The number of aromatic nitrogens is 1. The average Bonchev–Trinajstić information content (AvgIpc) is 3.01. The van der Waals surface area contributed by atoms with Gasteiger partial charge in [-0.25, -0.2) is 4.98 Å². The fourth-order valence-electron chi connectivity index (χ4n) is 3.65. The second kappa shape index (κ2) is 6.06. The van der Waals surface area contributed by atoms with Crippen molar-refractivity contribution in [2.75, 3.05) is 13.1 Å². The van der Waals surface area contributed by atoms with Gasteiger partial charge in [0.25, 0.3) is 5.89 Å². The molecule has 0 radical (unpaired) electrons. The van der Waals surface area contributed by atoms with Crippen molar-refractivity contribution in [2.24, 2.45) is 17.8 Å². The maximum atomic E-state index is 12.6. The van der Waals surface area contributed by atoms with Crippen LogP contribution in [0.15, 0.2) is 27.2 Å². The summed E-state index contributed by atoms with van der Waals surface area (Å²) in [6, 6.07) is 3.49. The molecule has 0 aromatic carbocycles. The van der Waals surface area contributed by atoms with Crippen LogP contribution in [0.1, 0.15) is 24.3 Å². The van der Waals surface area contributed by atoms with E-state index in [-0.39, 0.29) is 24.8 Å². The van der Waals surface area contributed by atoms with Crippen LogP contribution in [0.3, 0.4) is 0 Å². The lowest BCUT2D eigenvalue weighted by atomic mass is 9.92. The van der Waals surface area contributed by atoms with Crippen LogP contribution in [-0.2, 0) is 16.0 Å². The Labute approximate surface area is 144 Å². The molecule has 1 aliphatic heterocycles. The molecule has 2 fully saturated rings. The first-order valence-corrected chi connectivity index (χ1v) is 8.53. The normalized spacial score (nSPS) is 23.2. The van der Waals surface area contributed by atoms with Crippen molar-refractivity contribution in [3.8, 4) is 11.7 Å². The van der Waals surface area contributed by atoms with Gasteiger partial charge in [-0.15, -0.1) is 0 Å². The van der Waals surface area contributed by atoms with E-state index in [0.717, 1.165) is 12.8 Å². The van der Waals surface area contributed by atoms with Crippen molar-refractivity contribution in [3.63, 3.8) is 0 Å². The second-order valence-electron chi connectivity index (χ2n) is 6.92. The van der Waals surface area contributed by atoms with Gasteiger partial charge in [-0.1, -0.05) is 0 Å². The van der Waals surface area contributed by atoms with Crippen molar-refractivity contribution in [3.05, 3.63) is 29.9 Å². The number of carbonyl (C=O) groups is 2. The Kier molecular flexibility index (Phi) is 3.86. The highest BCUT2D eigenvalue weighted by molar-refractivity contribution is 5.81. The van der Waals surface area contributed by atoms with E-state index in [2.05, 4.69) is 4.98 Å². The van der Waals surface area contributed by atoms with Crippen LogP contribution >= 0.6 is 0 Å². The van der Waals surface area contributed by atoms with Crippen LogP contribution < -0.4 is 0 Å². The maximum Gasteiger partial charge on any atom is 0.308 e. The quantitative estimate of drug-likeness (QED) is 0.894. The number of amides is 1. The van der Waals surface area contributed by atoms with E-state index in [0.29, 0.717) is 35.6 Å². The van der Waals surface area contributed by atoms with Crippen molar-refractivity contribution >= 4 is 11.9 Å². The molecule has 4 rings (SSSR count). The first kappa shape index (κ1) is 15.9. The molecule has 3 heterocycles. The van der Waals surface area contributed by atoms with Crippen LogP contribution in [0.2, 0.25) is 0 Å². The Hall–Kier alpha value is -2.57. The van der Waals surface area contributed by atoms with Gasteiger partial charge in [0.2, 0.25) is 5.91 Å². The van der Waals surface area contributed by atoms with Gasteiger partial charge in [-0.3, -0.25) is 9.59 Å². The van der Waals surface area contributed by atoms with Gasteiger partial charge in [-0.05, 0) is 43.7 Å². The summed E-state index contributed by atoms with van der Waals surface area (Å²) in [6.45, 7) is 2.58. The highest BCUT2D eigenvalue weighted by atomic mass is 16.4. The van der Waals surface area contributed by atoms with Crippen LogP contribution in [0, 0.1) is 24.7 Å². The number of carboxylic acids is 1. The molecule has 25 heavy (non-hydrogen) atoms. The standard InChI is InChI=1S/C18H20N2O5/c1-10-14(19-17(25-10)15-3-2-6-24-15)7-16(21)20-8-12(11-4-5-11)13(9-20)18(22)23/h2-3,6,11-13H,4-5,7-9H2,1H3,(H,22,23)/t12-,13+/m1/s1. The molecule has 0 spiro atoms. The summed E-state index contributed by atoms with van der Waals surface area (Å²) in [5.74, 6) is 0.633. The number of rotatable bonds is 5. The number of furan rings is 1. The lowest BCUT2D eigenvalue weighted by Crippen LogP contribution is -2.31. The molecule has 7 nitrogen and oxygen atoms in total. The Balaban J connectivity index is 1.46. The predicted octanol–water partition coefficient (Wildman–Crippen LogP) is 2.35. The van der Waals surface area contributed by atoms with E-state index < -0.39 is 11.9 Å². The molecule has 1 N–H and O–H groups in total. The highest BCUT2D eigenvalue weighted by Gasteiger charge is 2.46. The SMILES string of the molecule is Cc1oc(-c2ccco2)nc1CC(=O)N1C[C@H](C(=O)O)[C@@H](C2CC2)C1. The fourth-order valence-corrected chi connectivity index (χ4v) is 3.65. The number of carboxylic acid groups (broad SMARTS) is 1. The number of hydrogen-bond acceptors (Lipinski definition) is 5. The summed E-state index contributed by atoms with van der Waals surface area (Å²) in [6.07, 6.45) is 3.80.